The van der Waals surface area contributed by atoms with Crippen LogP contribution in [0.15, 0.2) is 29.2 Å². The van der Waals surface area contributed by atoms with Crippen LogP contribution in [0.25, 0.3) is 0 Å². The van der Waals surface area contributed by atoms with Crippen molar-refractivity contribution < 1.29 is 13.2 Å². The summed E-state index contributed by atoms with van der Waals surface area (Å²) in [7, 11) is -1.69. The number of nitrogens with zero attached hydrogens (tertiary/aromatic N) is 1. The molecule has 19 heavy (non-hydrogen) atoms. The van der Waals surface area contributed by atoms with Gasteiger partial charge >= 0.3 is 0 Å². The summed E-state index contributed by atoms with van der Waals surface area (Å²) in [5.41, 5.74) is 1.06. The van der Waals surface area contributed by atoms with Crippen molar-refractivity contribution in [2.24, 2.45) is 5.92 Å². The molecule has 0 N–H and O–H groups in total. The molecule has 0 aromatic heterocycles. The molecule has 1 aromatic rings. The van der Waals surface area contributed by atoms with Gasteiger partial charge in [0.1, 0.15) is 0 Å². The first-order valence-corrected chi connectivity index (χ1v) is 8.04. The molecular weight excluding hydrogens is 262 g/mol. The number of ether oxygens (including phenoxy) is 1. The van der Waals surface area contributed by atoms with Gasteiger partial charge in [-0.1, -0.05) is 17.7 Å². The van der Waals surface area contributed by atoms with E-state index in [9.17, 15) is 8.42 Å². The number of hydrogen-bond donors (Lipinski definition) is 0. The van der Waals surface area contributed by atoms with E-state index >= 15 is 0 Å². The van der Waals surface area contributed by atoms with Crippen molar-refractivity contribution in [3.63, 3.8) is 0 Å². The average molecular weight is 283 g/mol. The third kappa shape index (κ3) is 3.35. The largest absolute Gasteiger partial charge is 0.384 e. The first kappa shape index (κ1) is 14.5. The molecule has 1 atom stereocenters. The van der Waals surface area contributed by atoms with Crippen molar-refractivity contribution in [2.75, 3.05) is 26.8 Å². The fraction of sp³-hybridized carbons (Fsp3) is 0.571. The summed E-state index contributed by atoms with van der Waals surface area (Å²) >= 11 is 0. The summed E-state index contributed by atoms with van der Waals surface area (Å²) in [4.78, 5) is 0.385. The van der Waals surface area contributed by atoms with Crippen LogP contribution in [0.5, 0.6) is 0 Å². The molecule has 0 saturated carbocycles. The van der Waals surface area contributed by atoms with Crippen LogP contribution in [-0.2, 0) is 14.8 Å². The first-order chi connectivity index (χ1) is 9.04. The molecule has 1 heterocycles. The van der Waals surface area contributed by atoms with Crippen LogP contribution in [0.4, 0.5) is 0 Å². The number of piperidine rings is 1. The molecule has 0 bridgehead atoms. The van der Waals surface area contributed by atoms with Gasteiger partial charge in [-0.05, 0) is 37.8 Å². The Morgan fingerprint density at radius 2 is 2.00 bits per heavy atom. The fourth-order valence-corrected chi connectivity index (χ4v) is 4.03. The highest BCUT2D eigenvalue weighted by molar-refractivity contribution is 7.89. The first-order valence-electron chi connectivity index (χ1n) is 6.60. The second-order valence-electron chi connectivity index (χ2n) is 5.14. The molecule has 1 aromatic carbocycles. The van der Waals surface area contributed by atoms with Crippen LogP contribution in [0.2, 0.25) is 0 Å². The van der Waals surface area contributed by atoms with Crippen LogP contribution in [-0.4, -0.2) is 39.5 Å². The maximum absolute atomic E-state index is 12.5. The van der Waals surface area contributed by atoms with Crippen molar-refractivity contribution in [1.29, 1.82) is 0 Å². The standard InChI is InChI=1S/C14H21NO3S/c1-12-5-7-14(8-6-12)19(16,17)15-9-3-4-13(10-15)11-18-2/h5-8,13H,3-4,9-11H2,1-2H3. The number of aryl methyl sites for hydroxylation is 1. The van der Waals surface area contributed by atoms with E-state index in [0.29, 0.717) is 30.5 Å². The van der Waals surface area contributed by atoms with Crippen molar-refractivity contribution >= 4 is 10.0 Å². The second kappa shape index (κ2) is 6.03. The number of hydrogen-bond acceptors (Lipinski definition) is 3. The summed E-state index contributed by atoms with van der Waals surface area (Å²) in [5.74, 6) is 0.305. The highest BCUT2D eigenvalue weighted by Crippen LogP contribution is 2.24. The van der Waals surface area contributed by atoms with E-state index in [-0.39, 0.29) is 0 Å². The van der Waals surface area contributed by atoms with Crippen LogP contribution < -0.4 is 0 Å². The summed E-state index contributed by atoms with van der Waals surface area (Å²) in [5, 5.41) is 0. The molecule has 0 amide bonds. The molecule has 2 rings (SSSR count). The Morgan fingerprint density at radius 1 is 1.32 bits per heavy atom. The third-order valence-corrected chi connectivity index (χ3v) is 5.42. The van der Waals surface area contributed by atoms with Gasteiger partial charge in [0.05, 0.1) is 11.5 Å². The lowest BCUT2D eigenvalue weighted by molar-refractivity contribution is 0.118. The zero-order valence-electron chi connectivity index (χ0n) is 11.5. The van der Waals surface area contributed by atoms with Crippen LogP contribution in [0.3, 0.4) is 0 Å². The van der Waals surface area contributed by atoms with Crippen LogP contribution >= 0.6 is 0 Å². The summed E-state index contributed by atoms with van der Waals surface area (Å²) in [6, 6.07) is 7.04. The van der Waals surface area contributed by atoms with E-state index in [0.717, 1.165) is 18.4 Å². The lowest BCUT2D eigenvalue weighted by Crippen LogP contribution is -2.41. The number of benzene rings is 1. The third-order valence-electron chi connectivity index (χ3n) is 3.54. The smallest absolute Gasteiger partial charge is 0.243 e. The molecular formula is C14H21NO3S. The Labute approximate surface area is 115 Å². The lowest BCUT2D eigenvalue weighted by atomic mass is 10.0. The Balaban J connectivity index is 2.17. The van der Waals surface area contributed by atoms with Gasteiger partial charge in [0, 0.05) is 20.2 Å². The van der Waals surface area contributed by atoms with Gasteiger partial charge in [-0.2, -0.15) is 4.31 Å². The molecule has 0 radical (unpaired) electrons. The monoisotopic (exact) mass is 283 g/mol. The quantitative estimate of drug-likeness (QED) is 0.849. The Kier molecular flexibility index (Phi) is 4.60. The summed E-state index contributed by atoms with van der Waals surface area (Å²) in [6.45, 7) is 3.74. The topological polar surface area (TPSA) is 46.6 Å². The van der Waals surface area contributed by atoms with Gasteiger partial charge < -0.3 is 4.74 Å². The van der Waals surface area contributed by atoms with Crippen molar-refractivity contribution in [3.8, 4) is 0 Å². The van der Waals surface area contributed by atoms with E-state index < -0.39 is 10.0 Å². The van der Waals surface area contributed by atoms with Gasteiger partial charge in [-0.15, -0.1) is 0 Å². The summed E-state index contributed by atoms with van der Waals surface area (Å²) < 4.78 is 31.8. The van der Waals surface area contributed by atoms with E-state index in [2.05, 4.69) is 0 Å². The fourth-order valence-electron chi connectivity index (χ4n) is 2.48. The molecule has 0 aliphatic carbocycles. The minimum absolute atomic E-state index is 0.305. The highest BCUT2D eigenvalue weighted by atomic mass is 32.2. The number of rotatable bonds is 4. The Morgan fingerprint density at radius 3 is 2.63 bits per heavy atom. The van der Waals surface area contributed by atoms with Crippen molar-refractivity contribution in [2.45, 2.75) is 24.7 Å². The van der Waals surface area contributed by atoms with E-state index in [4.69, 9.17) is 4.74 Å². The molecule has 0 spiro atoms. The maximum atomic E-state index is 12.5. The predicted molar refractivity (Wildman–Crippen MR) is 74.5 cm³/mol. The highest BCUT2D eigenvalue weighted by Gasteiger charge is 2.29. The van der Waals surface area contributed by atoms with E-state index in [1.54, 1.807) is 23.5 Å². The zero-order chi connectivity index (χ0) is 13.9. The van der Waals surface area contributed by atoms with Gasteiger partial charge in [-0.3, -0.25) is 0 Å². The van der Waals surface area contributed by atoms with Crippen LogP contribution in [0.1, 0.15) is 18.4 Å². The van der Waals surface area contributed by atoms with Gasteiger partial charge in [0.25, 0.3) is 0 Å². The average Bonchev–Trinajstić information content (AvgIpc) is 2.40. The van der Waals surface area contributed by atoms with Crippen LogP contribution in [0, 0.1) is 12.8 Å². The van der Waals surface area contributed by atoms with Gasteiger partial charge in [0.2, 0.25) is 10.0 Å². The van der Waals surface area contributed by atoms with Crippen molar-refractivity contribution in [1.82, 2.24) is 4.31 Å². The number of sulfonamides is 1. The minimum Gasteiger partial charge on any atom is -0.384 e. The zero-order valence-corrected chi connectivity index (χ0v) is 12.3. The molecule has 5 heteroatoms. The SMILES string of the molecule is COCC1CCCN(S(=O)(=O)c2ccc(C)cc2)C1. The van der Waals surface area contributed by atoms with E-state index in [1.807, 2.05) is 19.1 Å². The minimum atomic E-state index is -3.35. The van der Waals surface area contributed by atoms with Gasteiger partial charge in [0.15, 0.2) is 0 Å². The lowest BCUT2D eigenvalue weighted by Gasteiger charge is -2.31. The molecule has 4 nitrogen and oxygen atoms in total. The second-order valence-corrected chi connectivity index (χ2v) is 7.08. The molecule has 1 aliphatic rings. The molecule has 1 unspecified atom stereocenters. The predicted octanol–water partition coefficient (Wildman–Crippen LogP) is 2.04. The van der Waals surface area contributed by atoms with Crippen molar-refractivity contribution in [3.05, 3.63) is 29.8 Å². The van der Waals surface area contributed by atoms with Gasteiger partial charge in [-0.25, -0.2) is 8.42 Å². The number of methoxy groups -OCH3 is 1. The maximum Gasteiger partial charge on any atom is 0.243 e. The van der Waals surface area contributed by atoms with E-state index in [1.165, 1.54) is 0 Å². The molecule has 1 saturated heterocycles. The normalized spacial score (nSPS) is 21.5. The Bertz CT molecular complexity index is 508. The Hall–Kier alpha value is -0.910. The molecule has 1 aliphatic heterocycles. The molecule has 1 fully saturated rings. The summed E-state index contributed by atoms with van der Waals surface area (Å²) in [6.07, 6.45) is 1.94. The molecule has 106 valence electrons.